The van der Waals surface area contributed by atoms with Crippen LogP contribution in [0.15, 0.2) is 53.1 Å². The average molecular weight is 254 g/mol. The van der Waals surface area contributed by atoms with Crippen molar-refractivity contribution in [2.75, 3.05) is 0 Å². The first-order valence-corrected chi connectivity index (χ1v) is 6.06. The second kappa shape index (κ2) is 3.47. The summed E-state index contributed by atoms with van der Waals surface area (Å²) >= 11 is 6.04. The maximum atomic E-state index is 6.04. The molecule has 0 amide bonds. The summed E-state index contributed by atoms with van der Waals surface area (Å²) in [6, 6.07) is 13.7. The molecule has 0 spiro atoms. The molecule has 4 rings (SSSR count). The Morgan fingerprint density at radius 3 is 2.83 bits per heavy atom. The molecule has 2 aromatic heterocycles. The summed E-state index contributed by atoms with van der Waals surface area (Å²) in [5.41, 5.74) is 2.67. The number of aromatic nitrogens is 1. The van der Waals surface area contributed by atoms with E-state index in [-0.39, 0.29) is 0 Å². The number of fused-ring (bicyclic) bond motifs is 5. The molecule has 2 heterocycles. The summed E-state index contributed by atoms with van der Waals surface area (Å²) < 4.78 is 5.92. The molecule has 0 radical (unpaired) electrons. The van der Waals surface area contributed by atoms with Gasteiger partial charge in [-0.05, 0) is 42.5 Å². The fourth-order valence-corrected chi connectivity index (χ4v) is 2.53. The van der Waals surface area contributed by atoms with Gasteiger partial charge in [-0.1, -0.05) is 11.6 Å². The van der Waals surface area contributed by atoms with Crippen LogP contribution in [-0.2, 0) is 0 Å². The van der Waals surface area contributed by atoms with Crippen LogP contribution < -0.4 is 0 Å². The van der Waals surface area contributed by atoms with Crippen LogP contribution in [-0.4, -0.2) is 4.98 Å². The van der Waals surface area contributed by atoms with E-state index in [1.54, 1.807) is 6.20 Å². The lowest BCUT2D eigenvalue weighted by Crippen LogP contribution is -1.76. The lowest BCUT2D eigenvalue weighted by Gasteiger charge is -1.96. The Bertz CT molecular complexity index is 895. The van der Waals surface area contributed by atoms with E-state index in [0.717, 1.165) is 37.9 Å². The highest BCUT2D eigenvalue weighted by Gasteiger charge is 2.10. The molecule has 3 heteroatoms. The third kappa shape index (κ3) is 1.27. The number of furan rings is 1. The van der Waals surface area contributed by atoms with Gasteiger partial charge in [-0.25, -0.2) is 0 Å². The molecule has 0 saturated heterocycles. The molecule has 0 atom stereocenters. The van der Waals surface area contributed by atoms with E-state index in [1.165, 1.54) is 0 Å². The van der Waals surface area contributed by atoms with Crippen LogP contribution in [0.4, 0.5) is 0 Å². The molecule has 0 aliphatic carbocycles. The molecule has 0 unspecified atom stereocenters. The average Bonchev–Trinajstić information content (AvgIpc) is 2.77. The maximum absolute atomic E-state index is 6.04. The van der Waals surface area contributed by atoms with Gasteiger partial charge in [-0.15, -0.1) is 0 Å². The van der Waals surface area contributed by atoms with Gasteiger partial charge in [0.25, 0.3) is 0 Å². The number of pyridine rings is 1. The summed E-state index contributed by atoms with van der Waals surface area (Å²) in [5.74, 6) is 0. The highest BCUT2D eigenvalue weighted by Crippen LogP contribution is 2.34. The second-order valence-corrected chi connectivity index (χ2v) is 4.69. The highest BCUT2D eigenvalue weighted by atomic mass is 35.5. The van der Waals surface area contributed by atoms with E-state index in [9.17, 15) is 0 Å². The third-order valence-electron chi connectivity index (χ3n) is 3.18. The van der Waals surface area contributed by atoms with Gasteiger partial charge in [0.2, 0.25) is 0 Å². The highest BCUT2D eigenvalue weighted by molar-refractivity contribution is 6.32. The van der Waals surface area contributed by atoms with Crippen LogP contribution in [0.25, 0.3) is 32.8 Å². The zero-order valence-corrected chi connectivity index (χ0v) is 10.1. The Morgan fingerprint density at radius 2 is 1.89 bits per heavy atom. The van der Waals surface area contributed by atoms with Crippen LogP contribution in [0.1, 0.15) is 0 Å². The monoisotopic (exact) mass is 253 g/mol. The standard InChI is InChI=1S/C15H8ClNO/c16-9-3-6-14-12(8-9)10-4-5-13-11(15(10)18-14)2-1-7-17-13/h1-8H. The summed E-state index contributed by atoms with van der Waals surface area (Å²) in [5, 5.41) is 3.87. The molecule has 86 valence electrons. The van der Waals surface area contributed by atoms with E-state index in [4.69, 9.17) is 16.0 Å². The predicted molar refractivity (Wildman–Crippen MR) is 74.0 cm³/mol. The zero-order chi connectivity index (χ0) is 12.1. The molecule has 0 aliphatic rings. The maximum Gasteiger partial charge on any atom is 0.144 e. The first-order valence-electron chi connectivity index (χ1n) is 5.68. The Morgan fingerprint density at radius 1 is 0.944 bits per heavy atom. The van der Waals surface area contributed by atoms with Crippen LogP contribution >= 0.6 is 11.6 Å². The zero-order valence-electron chi connectivity index (χ0n) is 9.35. The number of rotatable bonds is 0. The van der Waals surface area contributed by atoms with Crippen molar-refractivity contribution in [1.29, 1.82) is 0 Å². The molecule has 0 bridgehead atoms. The van der Waals surface area contributed by atoms with Gasteiger partial charge in [0.15, 0.2) is 0 Å². The second-order valence-electron chi connectivity index (χ2n) is 4.25. The van der Waals surface area contributed by atoms with E-state index in [2.05, 4.69) is 4.98 Å². The molecule has 0 fully saturated rings. The van der Waals surface area contributed by atoms with Gasteiger partial charge >= 0.3 is 0 Å². The first-order chi connectivity index (χ1) is 8.83. The normalized spacial score (nSPS) is 11.6. The number of nitrogens with zero attached hydrogens (tertiary/aromatic N) is 1. The van der Waals surface area contributed by atoms with Crippen molar-refractivity contribution < 1.29 is 4.42 Å². The number of halogens is 1. The number of hydrogen-bond donors (Lipinski definition) is 0. The molecular weight excluding hydrogens is 246 g/mol. The molecular formula is C15H8ClNO. The fourth-order valence-electron chi connectivity index (χ4n) is 2.36. The van der Waals surface area contributed by atoms with E-state index in [0.29, 0.717) is 0 Å². The number of benzene rings is 2. The molecule has 2 nitrogen and oxygen atoms in total. The summed E-state index contributed by atoms with van der Waals surface area (Å²) in [7, 11) is 0. The van der Waals surface area contributed by atoms with Crippen molar-refractivity contribution in [2.45, 2.75) is 0 Å². The van der Waals surface area contributed by atoms with Crippen molar-refractivity contribution in [2.24, 2.45) is 0 Å². The van der Waals surface area contributed by atoms with Crippen molar-refractivity contribution in [3.05, 3.63) is 53.7 Å². The predicted octanol–water partition coefficient (Wildman–Crippen LogP) is 4.79. The number of hydrogen-bond acceptors (Lipinski definition) is 2. The molecule has 4 aromatic rings. The lowest BCUT2D eigenvalue weighted by molar-refractivity contribution is 0.672. The summed E-state index contributed by atoms with van der Waals surface area (Å²) in [6.45, 7) is 0. The lowest BCUT2D eigenvalue weighted by atomic mass is 10.1. The summed E-state index contributed by atoms with van der Waals surface area (Å²) in [6.07, 6.45) is 1.79. The Balaban J connectivity index is 2.30. The van der Waals surface area contributed by atoms with Gasteiger partial charge in [0, 0.05) is 27.4 Å². The first kappa shape index (κ1) is 9.92. The fraction of sp³-hybridized carbons (Fsp3) is 0. The Kier molecular flexibility index (Phi) is 1.91. The minimum atomic E-state index is 0.719. The molecule has 2 aromatic carbocycles. The van der Waals surface area contributed by atoms with Crippen LogP contribution in [0.3, 0.4) is 0 Å². The van der Waals surface area contributed by atoms with Gasteiger partial charge in [0.1, 0.15) is 11.2 Å². The van der Waals surface area contributed by atoms with Crippen LogP contribution in [0.2, 0.25) is 5.02 Å². The van der Waals surface area contributed by atoms with Crippen molar-refractivity contribution in [1.82, 2.24) is 4.98 Å². The third-order valence-corrected chi connectivity index (χ3v) is 3.41. The minimum absolute atomic E-state index is 0.719. The molecule has 0 N–H and O–H groups in total. The smallest absolute Gasteiger partial charge is 0.144 e. The van der Waals surface area contributed by atoms with Gasteiger partial charge in [-0.3, -0.25) is 4.98 Å². The quantitative estimate of drug-likeness (QED) is 0.450. The van der Waals surface area contributed by atoms with Crippen molar-refractivity contribution in [3.63, 3.8) is 0 Å². The van der Waals surface area contributed by atoms with Crippen molar-refractivity contribution >= 4 is 44.4 Å². The molecule has 0 saturated carbocycles. The molecule has 18 heavy (non-hydrogen) atoms. The SMILES string of the molecule is Clc1ccc2oc3c4cccnc4ccc3c2c1. The van der Waals surface area contributed by atoms with Crippen LogP contribution in [0.5, 0.6) is 0 Å². The Labute approximate surface area is 108 Å². The Hall–Kier alpha value is -2.06. The van der Waals surface area contributed by atoms with E-state index >= 15 is 0 Å². The topological polar surface area (TPSA) is 26.0 Å². The summed E-state index contributed by atoms with van der Waals surface area (Å²) in [4.78, 5) is 4.33. The minimum Gasteiger partial charge on any atom is -0.455 e. The van der Waals surface area contributed by atoms with E-state index < -0.39 is 0 Å². The van der Waals surface area contributed by atoms with E-state index in [1.807, 2.05) is 42.5 Å². The largest absolute Gasteiger partial charge is 0.455 e. The van der Waals surface area contributed by atoms with Gasteiger partial charge in [-0.2, -0.15) is 0 Å². The van der Waals surface area contributed by atoms with Crippen molar-refractivity contribution in [3.8, 4) is 0 Å². The van der Waals surface area contributed by atoms with Crippen LogP contribution in [0, 0.1) is 0 Å². The molecule has 0 aliphatic heterocycles. The van der Waals surface area contributed by atoms with Gasteiger partial charge in [0.05, 0.1) is 5.52 Å². The van der Waals surface area contributed by atoms with Gasteiger partial charge < -0.3 is 4.42 Å².